The molecule has 19 heavy (non-hydrogen) atoms. The molecule has 0 bridgehead atoms. The number of carbonyl (C=O) groups excluding carboxylic acids is 2. The summed E-state index contributed by atoms with van der Waals surface area (Å²) in [5, 5.41) is 8.30. The first-order chi connectivity index (χ1) is 9.06. The predicted molar refractivity (Wildman–Crippen MR) is 73.2 cm³/mol. The molecule has 1 aromatic rings. The van der Waals surface area contributed by atoms with Gasteiger partial charge in [0.05, 0.1) is 5.56 Å². The van der Waals surface area contributed by atoms with Crippen molar-refractivity contribution in [1.29, 1.82) is 0 Å². The van der Waals surface area contributed by atoms with Crippen LogP contribution in [0, 0.1) is 0 Å². The molecule has 7 heteroatoms. The third kappa shape index (κ3) is 4.46. The molecule has 0 unspecified atom stereocenters. The van der Waals surface area contributed by atoms with Crippen molar-refractivity contribution in [2.75, 3.05) is 39.5 Å². The Morgan fingerprint density at radius 3 is 2.58 bits per heavy atom. The molecule has 1 heterocycles. The average Bonchev–Trinajstić information content (AvgIpc) is 2.42. The molecule has 1 aromatic heterocycles. The van der Waals surface area contributed by atoms with E-state index in [1.807, 2.05) is 0 Å². The fraction of sp³-hybridized carbons (Fsp3) is 0.417. The number of amides is 3. The van der Waals surface area contributed by atoms with Gasteiger partial charge in [-0.05, 0) is 6.07 Å². The standard InChI is InChI=1S/C12H19N5O2/c1-13-10-4-5-14-8-9(10)11(18)15-6-7-16-12(19)17(2)3/h4-5,8H,6-7H2,1-3H3,(H,13,14)(H,15,18)(H,16,19). The number of hydrogen-bond acceptors (Lipinski definition) is 4. The van der Waals surface area contributed by atoms with Crippen molar-refractivity contribution in [2.45, 2.75) is 0 Å². The fourth-order valence-electron chi connectivity index (χ4n) is 1.39. The Balaban J connectivity index is 2.41. The number of hydrogen-bond donors (Lipinski definition) is 3. The minimum Gasteiger partial charge on any atom is -0.387 e. The Hall–Kier alpha value is -2.31. The second kappa shape index (κ2) is 7.20. The first-order valence-electron chi connectivity index (χ1n) is 5.91. The third-order valence-corrected chi connectivity index (χ3v) is 2.43. The lowest BCUT2D eigenvalue weighted by molar-refractivity contribution is 0.0954. The highest BCUT2D eigenvalue weighted by molar-refractivity contribution is 5.99. The maximum absolute atomic E-state index is 11.9. The molecule has 0 saturated carbocycles. The summed E-state index contributed by atoms with van der Waals surface area (Å²) in [7, 11) is 5.05. The number of urea groups is 1. The van der Waals surface area contributed by atoms with Crippen molar-refractivity contribution in [3.05, 3.63) is 24.0 Å². The van der Waals surface area contributed by atoms with Crippen molar-refractivity contribution in [1.82, 2.24) is 20.5 Å². The molecule has 0 fully saturated rings. The molecule has 0 saturated heterocycles. The lowest BCUT2D eigenvalue weighted by Gasteiger charge is -2.12. The Morgan fingerprint density at radius 2 is 1.95 bits per heavy atom. The van der Waals surface area contributed by atoms with Crippen molar-refractivity contribution >= 4 is 17.6 Å². The number of carbonyl (C=O) groups is 2. The Labute approximate surface area is 112 Å². The van der Waals surface area contributed by atoms with Gasteiger partial charge >= 0.3 is 6.03 Å². The van der Waals surface area contributed by atoms with E-state index < -0.39 is 0 Å². The molecule has 0 aromatic carbocycles. The van der Waals surface area contributed by atoms with Crippen LogP contribution in [0.2, 0.25) is 0 Å². The minimum absolute atomic E-state index is 0.188. The van der Waals surface area contributed by atoms with E-state index in [1.165, 1.54) is 11.1 Å². The molecule has 0 aliphatic rings. The Kier molecular flexibility index (Phi) is 5.59. The van der Waals surface area contributed by atoms with Crippen molar-refractivity contribution < 1.29 is 9.59 Å². The first-order valence-corrected chi connectivity index (χ1v) is 5.91. The minimum atomic E-state index is -0.225. The molecule has 0 atom stereocenters. The monoisotopic (exact) mass is 265 g/mol. The van der Waals surface area contributed by atoms with Gasteiger partial charge in [0.1, 0.15) is 0 Å². The fourth-order valence-corrected chi connectivity index (χ4v) is 1.39. The van der Waals surface area contributed by atoms with Crippen LogP contribution < -0.4 is 16.0 Å². The van der Waals surface area contributed by atoms with Crippen LogP contribution in [0.5, 0.6) is 0 Å². The van der Waals surface area contributed by atoms with E-state index in [1.54, 1.807) is 33.4 Å². The quantitative estimate of drug-likeness (QED) is 0.660. The van der Waals surface area contributed by atoms with Gasteiger partial charge in [0.2, 0.25) is 0 Å². The molecule has 0 radical (unpaired) electrons. The van der Waals surface area contributed by atoms with Crippen LogP contribution in [0.1, 0.15) is 10.4 Å². The first kappa shape index (κ1) is 14.7. The van der Waals surface area contributed by atoms with Crippen LogP contribution >= 0.6 is 0 Å². The average molecular weight is 265 g/mol. The number of anilines is 1. The van der Waals surface area contributed by atoms with Crippen LogP contribution in [-0.4, -0.2) is 56.1 Å². The largest absolute Gasteiger partial charge is 0.387 e. The van der Waals surface area contributed by atoms with Crippen molar-refractivity contribution in [3.8, 4) is 0 Å². The third-order valence-electron chi connectivity index (χ3n) is 2.43. The van der Waals surface area contributed by atoms with Crippen LogP contribution in [0.3, 0.4) is 0 Å². The lowest BCUT2D eigenvalue weighted by atomic mass is 10.2. The zero-order chi connectivity index (χ0) is 14.3. The lowest BCUT2D eigenvalue weighted by Crippen LogP contribution is -2.39. The summed E-state index contributed by atoms with van der Waals surface area (Å²) < 4.78 is 0. The second-order valence-electron chi connectivity index (χ2n) is 4.05. The highest BCUT2D eigenvalue weighted by atomic mass is 16.2. The molecule has 0 aliphatic carbocycles. The Bertz CT molecular complexity index is 448. The van der Waals surface area contributed by atoms with Gasteiger partial charge in [-0.1, -0.05) is 0 Å². The van der Waals surface area contributed by atoms with Gasteiger partial charge in [-0.25, -0.2) is 4.79 Å². The van der Waals surface area contributed by atoms with Gasteiger partial charge in [0, 0.05) is 52.3 Å². The van der Waals surface area contributed by atoms with E-state index in [-0.39, 0.29) is 11.9 Å². The highest BCUT2D eigenvalue weighted by Crippen LogP contribution is 2.11. The van der Waals surface area contributed by atoms with Crippen LogP contribution in [0.15, 0.2) is 18.5 Å². The highest BCUT2D eigenvalue weighted by Gasteiger charge is 2.10. The molecular weight excluding hydrogens is 246 g/mol. The Morgan fingerprint density at radius 1 is 1.26 bits per heavy atom. The maximum Gasteiger partial charge on any atom is 0.316 e. The molecule has 1 rings (SSSR count). The van der Waals surface area contributed by atoms with E-state index >= 15 is 0 Å². The van der Waals surface area contributed by atoms with Gasteiger partial charge < -0.3 is 20.9 Å². The van der Waals surface area contributed by atoms with Gasteiger partial charge in [-0.3, -0.25) is 9.78 Å². The van der Waals surface area contributed by atoms with Gasteiger partial charge in [-0.15, -0.1) is 0 Å². The molecule has 0 aliphatic heterocycles. The van der Waals surface area contributed by atoms with E-state index in [4.69, 9.17) is 0 Å². The summed E-state index contributed by atoms with van der Waals surface area (Å²) in [6.07, 6.45) is 3.11. The topological polar surface area (TPSA) is 86.4 Å². The summed E-state index contributed by atoms with van der Waals surface area (Å²) >= 11 is 0. The van der Waals surface area contributed by atoms with Gasteiger partial charge in [-0.2, -0.15) is 0 Å². The smallest absolute Gasteiger partial charge is 0.316 e. The molecular formula is C12H19N5O2. The SMILES string of the molecule is CNc1ccncc1C(=O)NCCNC(=O)N(C)C. The molecule has 7 nitrogen and oxygen atoms in total. The number of pyridine rings is 1. The normalized spacial score (nSPS) is 9.63. The number of rotatable bonds is 5. The number of nitrogens with one attached hydrogen (secondary N) is 3. The van der Waals surface area contributed by atoms with E-state index in [0.717, 1.165) is 0 Å². The molecule has 3 amide bonds. The van der Waals surface area contributed by atoms with Gasteiger partial charge in [0.15, 0.2) is 0 Å². The zero-order valence-corrected chi connectivity index (χ0v) is 11.4. The number of aromatic nitrogens is 1. The van der Waals surface area contributed by atoms with E-state index in [0.29, 0.717) is 24.3 Å². The molecule has 104 valence electrons. The van der Waals surface area contributed by atoms with Crippen molar-refractivity contribution in [2.24, 2.45) is 0 Å². The second-order valence-corrected chi connectivity index (χ2v) is 4.05. The van der Waals surface area contributed by atoms with Crippen molar-refractivity contribution in [3.63, 3.8) is 0 Å². The zero-order valence-electron chi connectivity index (χ0n) is 11.4. The summed E-state index contributed by atoms with van der Waals surface area (Å²) in [4.78, 5) is 28.5. The van der Waals surface area contributed by atoms with E-state index in [2.05, 4.69) is 20.9 Å². The molecule has 0 spiro atoms. The van der Waals surface area contributed by atoms with E-state index in [9.17, 15) is 9.59 Å². The van der Waals surface area contributed by atoms with Crippen LogP contribution in [0.25, 0.3) is 0 Å². The summed E-state index contributed by atoms with van der Waals surface area (Å²) in [5.41, 5.74) is 1.19. The van der Waals surface area contributed by atoms with Gasteiger partial charge in [0.25, 0.3) is 5.91 Å². The maximum atomic E-state index is 11.9. The molecule has 3 N–H and O–H groups in total. The van der Waals surface area contributed by atoms with Crippen LogP contribution in [-0.2, 0) is 0 Å². The van der Waals surface area contributed by atoms with Crippen LogP contribution in [0.4, 0.5) is 10.5 Å². The summed E-state index contributed by atoms with van der Waals surface area (Å²) in [5.74, 6) is -0.225. The number of nitrogens with zero attached hydrogens (tertiary/aromatic N) is 2. The predicted octanol–water partition coefficient (Wildman–Crippen LogP) is 0.124. The summed E-state index contributed by atoms with van der Waals surface area (Å²) in [6.45, 7) is 0.731. The summed E-state index contributed by atoms with van der Waals surface area (Å²) in [6, 6.07) is 1.54.